The highest BCUT2D eigenvalue weighted by Gasteiger charge is 2.46. The molecule has 6 heterocycles. The van der Waals surface area contributed by atoms with Crippen LogP contribution in [0.15, 0.2) is 47.6 Å². The Morgan fingerprint density at radius 1 is 1.05 bits per heavy atom. The second kappa shape index (κ2) is 10.1. The maximum atomic E-state index is 14.3. The fourth-order valence-corrected chi connectivity index (χ4v) is 7.64. The lowest BCUT2D eigenvalue weighted by Crippen LogP contribution is -2.46. The predicted octanol–water partition coefficient (Wildman–Crippen LogP) is 3.70. The van der Waals surface area contributed by atoms with E-state index in [1.165, 1.54) is 23.0 Å². The summed E-state index contributed by atoms with van der Waals surface area (Å²) in [4.78, 5) is 27.2. The lowest BCUT2D eigenvalue weighted by Gasteiger charge is -2.38. The van der Waals surface area contributed by atoms with Gasteiger partial charge in [0.1, 0.15) is 28.2 Å². The highest BCUT2D eigenvalue weighted by molar-refractivity contribution is 7.91. The maximum Gasteiger partial charge on any atom is 0.292 e. The van der Waals surface area contributed by atoms with Crippen molar-refractivity contribution in [2.75, 3.05) is 12.0 Å². The number of hydrogen-bond donors (Lipinski definition) is 2. The Kier molecular flexibility index (Phi) is 6.46. The van der Waals surface area contributed by atoms with E-state index in [0.29, 0.717) is 46.8 Å². The Morgan fingerprint density at radius 3 is 2.41 bits per heavy atom. The van der Waals surface area contributed by atoms with Crippen molar-refractivity contribution < 1.29 is 22.0 Å². The Bertz CT molecular complexity index is 2050. The third-order valence-electron chi connectivity index (χ3n) is 8.47. The lowest BCUT2D eigenvalue weighted by atomic mass is 9.87. The first kappa shape index (κ1) is 28.0. The smallest absolute Gasteiger partial charge is 0.292 e. The fourth-order valence-electron chi connectivity index (χ4n) is 6.58. The maximum absolute atomic E-state index is 14.3. The second-order valence-corrected chi connectivity index (χ2v) is 13.3. The topological polar surface area (TPSA) is 165 Å². The molecule has 44 heavy (non-hydrogen) atoms. The molecule has 0 spiro atoms. The van der Waals surface area contributed by atoms with Crippen LogP contribution in [0.3, 0.4) is 0 Å². The SMILES string of the molecule is Cc1nnc(C(=O)N2C3CCC2CC(c2nc4c(-c5ccc(-c6ccc(F)cc6F)nc5)cnn4c(N)c2S(C)(=O)=O)C3)[nH]1. The summed E-state index contributed by atoms with van der Waals surface area (Å²) < 4.78 is 55.2. The van der Waals surface area contributed by atoms with Gasteiger partial charge in [-0.25, -0.2) is 22.2 Å². The normalized spacial score (nSPS) is 20.0. The number of sulfone groups is 1. The molecule has 0 aliphatic carbocycles. The zero-order valence-electron chi connectivity index (χ0n) is 23.7. The van der Waals surface area contributed by atoms with E-state index >= 15 is 0 Å². The molecule has 7 rings (SSSR count). The minimum absolute atomic E-state index is 0.0558. The van der Waals surface area contributed by atoms with E-state index in [1.54, 1.807) is 19.1 Å². The van der Waals surface area contributed by atoms with Gasteiger partial charge in [-0.2, -0.15) is 9.61 Å². The first-order valence-corrected chi connectivity index (χ1v) is 15.9. The summed E-state index contributed by atoms with van der Waals surface area (Å²) in [5.74, 6) is -1.25. The molecule has 5 aromatic rings. The summed E-state index contributed by atoms with van der Waals surface area (Å²) in [6.07, 6.45) is 6.69. The van der Waals surface area contributed by atoms with Crippen LogP contribution in [-0.2, 0) is 9.84 Å². The second-order valence-electron chi connectivity index (χ2n) is 11.4. The van der Waals surface area contributed by atoms with Gasteiger partial charge in [0.05, 0.1) is 17.6 Å². The van der Waals surface area contributed by atoms with Crippen LogP contribution in [0.2, 0.25) is 0 Å². The summed E-state index contributed by atoms with van der Waals surface area (Å²) >= 11 is 0. The lowest BCUT2D eigenvalue weighted by molar-refractivity contribution is 0.0556. The van der Waals surface area contributed by atoms with E-state index in [-0.39, 0.29) is 46.0 Å². The van der Waals surface area contributed by atoms with E-state index in [0.717, 1.165) is 31.2 Å². The third kappa shape index (κ3) is 4.58. The van der Waals surface area contributed by atoms with Crippen molar-refractivity contribution in [3.63, 3.8) is 0 Å². The Morgan fingerprint density at radius 2 is 1.80 bits per heavy atom. The molecule has 1 amide bonds. The zero-order valence-corrected chi connectivity index (χ0v) is 24.5. The summed E-state index contributed by atoms with van der Waals surface area (Å²) in [5, 5.41) is 12.2. The largest absolute Gasteiger partial charge is 0.382 e. The van der Waals surface area contributed by atoms with E-state index in [4.69, 9.17) is 10.7 Å². The molecule has 1 aromatic carbocycles. The third-order valence-corrected chi connectivity index (χ3v) is 9.63. The molecule has 2 aliphatic rings. The fraction of sp³-hybridized carbons (Fsp3) is 0.310. The molecule has 12 nitrogen and oxygen atoms in total. The number of nitrogens with two attached hydrogens (primary N) is 1. The first-order valence-electron chi connectivity index (χ1n) is 14.0. The van der Waals surface area contributed by atoms with Gasteiger partial charge >= 0.3 is 0 Å². The van der Waals surface area contributed by atoms with Gasteiger partial charge in [-0.3, -0.25) is 9.78 Å². The molecule has 0 saturated carbocycles. The van der Waals surface area contributed by atoms with Crippen LogP contribution < -0.4 is 5.73 Å². The minimum atomic E-state index is -3.82. The zero-order chi connectivity index (χ0) is 30.9. The van der Waals surface area contributed by atoms with Crippen LogP contribution in [-0.4, -0.2) is 72.3 Å². The quantitative estimate of drug-likeness (QED) is 0.298. The van der Waals surface area contributed by atoms with Gasteiger partial charge in [-0.05, 0) is 50.8 Å². The predicted molar refractivity (Wildman–Crippen MR) is 155 cm³/mol. The van der Waals surface area contributed by atoms with Gasteiger partial charge in [-0.1, -0.05) is 6.07 Å². The molecule has 0 radical (unpaired) electrons. The summed E-state index contributed by atoms with van der Waals surface area (Å²) in [6.45, 7) is 1.73. The highest BCUT2D eigenvalue weighted by atomic mass is 32.2. The molecule has 2 atom stereocenters. The van der Waals surface area contributed by atoms with Crippen LogP contribution in [0.4, 0.5) is 14.6 Å². The summed E-state index contributed by atoms with van der Waals surface area (Å²) in [6, 6.07) is 6.33. The number of aryl methyl sites for hydroxylation is 1. The average molecular weight is 620 g/mol. The number of benzene rings is 1. The van der Waals surface area contributed by atoms with Crippen LogP contribution >= 0.6 is 0 Å². The number of nitrogen functional groups attached to an aromatic ring is 1. The van der Waals surface area contributed by atoms with Crippen LogP contribution in [0.5, 0.6) is 0 Å². The number of nitrogens with one attached hydrogen (secondary N) is 1. The number of carbonyl (C=O) groups excluding carboxylic acids is 1. The number of fused-ring (bicyclic) bond motifs is 3. The minimum Gasteiger partial charge on any atom is -0.382 e. The van der Waals surface area contributed by atoms with Gasteiger partial charge in [0, 0.05) is 53.2 Å². The number of nitrogens with zero attached hydrogens (tertiary/aromatic N) is 7. The molecule has 2 saturated heterocycles. The molecular formula is C29H27F2N9O3S. The Labute approximate surface area is 250 Å². The van der Waals surface area contributed by atoms with E-state index in [1.807, 2.05) is 4.90 Å². The van der Waals surface area contributed by atoms with E-state index in [2.05, 4.69) is 25.3 Å². The van der Waals surface area contributed by atoms with Crippen molar-refractivity contribution in [1.82, 2.24) is 39.7 Å². The Hall–Kier alpha value is -4.79. The summed E-state index contributed by atoms with van der Waals surface area (Å²) in [7, 11) is -3.82. The molecule has 2 unspecified atom stereocenters. The van der Waals surface area contributed by atoms with Crippen molar-refractivity contribution in [3.8, 4) is 22.4 Å². The molecule has 3 N–H and O–H groups in total. The monoisotopic (exact) mass is 619 g/mol. The molecule has 4 aromatic heterocycles. The molecule has 226 valence electrons. The van der Waals surface area contributed by atoms with Crippen molar-refractivity contribution in [2.45, 2.75) is 55.5 Å². The van der Waals surface area contributed by atoms with Crippen LogP contribution in [0.1, 0.15) is 53.7 Å². The van der Waals surface area contributed by atoms with Gasteiger partial charge in [-0.15, -0.1) is 10.2 Å². The molecule has 2 aliphatic heterocycles. The molecule has 15 heteroatoms. The Balaban J connectivity index is 1.27. The first-order chi connectivity index (χ1) is 21.0. The van der Waals surface area contributed by atoms with Gasteiger partial charge in [0.15, 0.2) is 15.5 Å². The molecular weight excluding hydrogens is 592 g/mol. The molecule has 2 bridgehead atoms. The van der Waals surface area contributed by atoms with Crippen molar-refractivity contribution >= 4 is 27.2 Å². The van der Waals surface area contributed by atoms with Crippen LogP contribution in [0.25, 0.3) is 28.0 Å². The van der Waals surface area contributed by atoms with E-state index < -0.39 is 21.5 Å². The van der Waals surface area contributed by atoms with Gasteiger partial charge < -0.3 is 15.6 Å². The number of halogens is 2. The number of H-pyrrole nitrogens is 1. The number of aromatic amines is 1. The number of hydrogen-bond acceptors (Lipinski definition) is 9. The number of anilines is 1. The number of piperidine rings is 1. The number of rotatable bonds is 5. The van der Waals surface area contributed by atoms with Crippen molar-refractivity contribution in [1.29, 1.82) is 0 Å². The number of amides is 1. The summed E-state index contributed by atoms with van der Waals surface area (Å²) in [5.41, 5.74) is 8.78. The van der Waals surface area contributed by atoms with E-state index in [9.17, 15) is 22.0 Å². The standard InChI is InChI=1S/C29H27F2N9O3S/c1-14-35-27(38-37-14)29(41)39-18-5-6-19(39)10-16(9-18)24-25(44(2,42)43)26(32)40-28(36-24)21(13-34-40)15-3-8-23(33-12-15)20-7-4-17(30)11-22(20)31/h3-4,7-8,11-13,16,18-19H,5-6,9-10,32H2,1-2H3,(H,35,37,38). The number of carbonyl (C=O) groups is 1. The molecule has 2 fully saturated rings. The number of pyridine rings is 1. The number of aromatic nitrogens is 7. The van der Waals surface area contributed by atoms with Crippen molar-refractivity contribution in [3.05, 3.63) is 71.7 Å². The van der Waals surface area contributed by atoms with Crippen LogP contribution in [0, 0.1) is 18.6 Å². The highest BCUT2D eigenvalue weighted by Crippen LogP contribution is 2.45. The van der Waals surface area contributed by atoms with Gasteiger partial charge in [0.2, 0.25) is 5.82 Å². The average Bonchev–Trinajstić information content (AvgIpc) is 3.67. The van der Waals surface area contributed by atoms with Gasteiger partial charge in [0.25, 0.3) is 5.91 Å². The van der Waals surface area contributed by atoms with Crippen molar-refractivity contribution in [2.24, 2.45) is 0 Å².